The molecule has 3 rings (SSSR count). The molecule has 108 valence electrons. The van der Waals surface area contributed by atoms with E-state index in [2.05, 4.69) is 4.98 Å². The molecule has 0 spiro atoms. The Morgan fingerprint density at radius 3 is 2.55 bits per heavy atom. The molecule has 0 atom stereocenters. The van der Waals surface area contributed by atoms with Crippen LogP contribution >= 0.6 is 12.2 Å². The Bertz CT molecular complexity index is 825. The third kappa shape index (κ3) is 2.26. The highest BCUT2D eigenvalue weighted by atomic mass is 32.2. The lowest BCUT2D eigenvalue weighted by molar-refractivity contribution is 0.454. The number of nitrogens with one attached hydrogen (secondary N) is 1. The van der Waals surface area contributed by atoms with E-state index in [0.717, 1.165) is 6.07 Å². The third-order valence-corrected chi connectivity index (χ3v) is 5.65. The van der Waals surface area contributed by atoms with E-state index in [1.807, 2.05) is 0 Å². The standard InChI is InChI=1S/C12H12F2N2O2S2/c13-7-5-9(14)11-10(6-7)16(12(19)15-11)8-1-3-20(17,18)4-2-8/h5-6,8H,1-4H2,(H,15,19). The lowest BCUT2D eigenvalue weighted by atomic mass is 10.1. The molecule has 0 aliphatic carbocycles. The van der Waals surface area contributed by atoms with Crippen molar-refractivity contribution in [1.82, 2.24) is 9.55 Å². The van der Waals surface area contributed by atoms with Gasteiger partial charge in [0.1, 0.15) is 21.2 Å². The second-order valence-corrected chi connectivity index (χ2v) is 7.66. The Morgan fingerprint density at radius 1 is 1.25 bits per heavy atom. The van der Waals surface area contributed by atoms with Gasteiger partial charge >= 0.3 is 0 Å². The van der Waals surface area contributed by atoms with Gasteiger partial charge in [-0.25, -0.2) is 17.2 Å². The van der Waals surface area contributed by atoms with Gasteiger partial charge in [-0.05, 0) is 31.1 Å². The maximum atomic E-state index is 13.7. The molecule has 0 unspecified atom stereocenters. The van der Waals surface area contributed by atoms with Gasteiger partial charge in [0, 0.05) is 12.1 Å². The van der Waals surface area contributed by atoms with Crippen LogP contribution in [0.2, 0.25) is 0 Å². The van der Waals surface area contributed by atoms with Crippen molar-refractivity contribution in [3.63, 3.8) is 0 Å². The van der Waals surface area contributed by atoms with Crippen molar-refractivity contribution in [2.24, 2.45) is 0 Å². The summed E-state index contributed by atoms with van der Waals surface area (Å²) in [6.45, 7) is 0. The van der Waals surface area contributed by atoms with Crippen LogP contribution < -0.4 is 0 Å². The molecule has 0 radical (unpaired) electrons. The number of benzene rings is 1. The van der Waals surface area contributed by atoms with E-state index < -0.39 is 21.5 Å². The molecule has 2 heterocycles. The fourth-order valence-corrected chi connectivity index (χ4v) is 4.46. The summed E-state index contributed by atoms with van der Waals surface area (Å²) in [7, 11) is -2.99. The minimum Gasteiger partial charge on any atom is -0.328 e. The highest BCUT2D eigenvalue weighted by Crippen LogP contribution is 2.29. The van der Waals surface area contributed by atoms with Crippen LogP contribution in [0, 0.1) is 16.4 Å². The first kappa shape index (κ1) is 13.7. The van der Waals surface area contributed by atoms with Crippen LogP contribution in [0.4, 0.5) is 8.78 Å². The molecule has 2 aromatic rings. The van der Waals surface area contributed by atoms with E-state index in [1.165, 1.54) is 6.07 Å². The zero-order valence-corrected chi connectivity index (χ0v) is 12.0. The number of aromatic amines is 1. The van der Waals surface area contributed by atoms with Crippen molar-refractivity contribution in [3.05, 3.63) is 28.5 Å². The van der Waals surface area contributed by atoms with Gasteiger partial charge in [0.05, 0.1) is 17.0 Å². The number of aromatic nitrogens is 2. The van der Waals surface area contributed by atoms with Crippen molar-refractivity contribution in [1.29, 1.82) is 0 Å². The number of sulfone groups is 1. The first-order valence-corrected chi connectivity index (χ1v) is 8.40. The number of hydrogen-bond acceptors (Lipinski definition) is 3. The smallest absolute Gasteiger partial charge is 0.178 e. The van der Waals surface area contributed by atoms with Crippen molar-refractivity contribution < 1.29 is 17.2 Å². The van der Waals surface area contributed by atoms with Crippen molar-refractivity contribution >= 4 is 33.1 Å². The molecule has 1 aromatic heterocycles. The van der Waals surface area contributed by atoms with Crippen molar-refractivity contribution in [2.45, 2.75) is 18.9 Å². The second kappa shape index (κ2) is 4.63. The first-order chi connectivity index (χ1) is 9.37. The van der Waals surface area contributed by atoms with E-state index >= 15 is 0 Å². The van der Waals surface area contributed by atoms with Gasteiger partial charge in [0.2, 0.25) is 0 Å². The summed E-state index contributed by atoms with van der Waals surface area (Å²) in [4.78, 5) is 2.73. The molecule has 1 aromatic carbocycles. The summed E-state index contributed by atoms with van der Waals surface area (Å²) in [6, 6.07) is 1.86. The zero-order chi connectivity index (χ0) is 14.5. The number of nitrogens with zero attached hydrogens (tertiary/aromatic N) is 1. The summed E-state index contributed by atoms with van der Waals surface area (Å²) in [6.07, 6.45) is 0.809. The lowest BCUT2D eigenvalue weighted by Crippen LogP contribution is -2.25. The van der Waals surface area contributed by atoms with Crippen LogP contribution in [0.25, 0.3) is 11.0 Å². The number of fused-ring (bicyclic) bond motifs is 1. The summed E-state index contributed by atoms with van der Waals surface area (Å²) in [5.74, 6) is -1.23. The molecule has 1 fully saturated rings. The number of hydrogen-bond donors (Lipinski definition) is 1. The maximum Gasteiger partial charge on any atom is 0.178 e. The minimum atomic E-state index is -2.99. The fraction of sp³-hybridized carbons (Fsp3) is 0.417. The van der Waals surface area contributed by atoms with Gasteiger partial charge in [0.15, 0.2) is 10.6 Å². The van der Waals surface area contributed by atoms with Crippen LogP contribution in [0.1, 0.15) is 18.9 Å². The molecule has 4 nitrogen and oxygen atoms in total. The molecule has 1 aliphatic rings. The maximum absolute atomic E-state index is 13.7. The molecular weight excluding hydrogens is 306 g/mol. The van der Waals surface area contributed by atoms with Crippen molar-refractivity contribution in [3.8, 4) is 0 Å². The monoisotopic (exact) mass is 318 g/mol. The van der Waals surface area contributed by atoms with Crippen molar-refractivity contribution in [2.75, 3.05) is 11.5 Å². The van der Waals surface area contributed by atoms with E-state index in [1.54, 1.807) is 4.57 Å². The SMILES string of the molecule is O=S1(=O)CCC(n2c(=S)[nH]c3c(F)cc(F)cc32)CC1. The van der Waals surface area contributed by atoms with Crippen LogP contribution in [-0.2, 0) is 9.84 Å². The van der Waals surface area contributed by atoms with Crippen LogP contribution in [-0.4, -0.2) is 29.5 Å². The topological polar surface area (TPSA) is 54.9 Å². The Kier molecular flexibility index (Phi) is 3.17. The minimum absolute atomic E-state index is 0.0733. The predicted molar refractivity (Wildman–Crippen MR) is 74.0 cm³/mol. The second-order valence-electron chi connectivity index (χ2n) is 4.96. The molecule has 1 aliphatic heterocycles. The van der Waals surface area contributed by atoms with Gasteiger partial charge in [-0.3, -0.25) is 0 Å². The summed E-state index contributed by atoms with van der Waals surface area (Å²) < 4.78 is 51.9. The predicted octanol–water partition coefficient (Wildman–Crippen LogP) is 2.73. The van der Waals surface area contributed by atoms with Gasteiger partial charge in [-0.2, -0.15) is 0 Å². The third-order valence-electron chi connectivity index (χ3n) is 3.63. The van der Waals surface area contributed by atoms with Crippen LogP contribution in [0.5, 0.6) is 0 Å². The zero-order valence-electron chi connectivity index (χ0n) is 10.4. The molecule has 1 N–H and O–H groups in total. The summed E-state index contributed by atoms with van der Waals surface area (Å²) in [5, 5.41) is 0. The normalized spacial score (nSPS) is 19.5. The molecule has 8 heteroatoms. The number of H-pyrrole nitrogens is 1. The number of imidazole rings is 1. The van der Waals surface area contributed by atoms with Gasteiger partial charge in [-0.1, -0.05) is 0 Å². The fourth-order valence-electron chi connectivity index (χ4n) is 2.65. The van der Waals surface area contributed by atoms with E-state index in [9.17, 15) is 17.2 Å². The molecule has 1 saturated heterocycles. The molecule has 0 amide bonds. The number of halogens is 2. The average molecular weight is 318 g/mol. The number of rotatable bonds is 1. The van der Waals surface area contributed by atoms with Crippen LogP contribution in [0.15, 0.2) is 12.1 Å². The highest BCUT2D eigenvalue weighted by Gasteiger charge is 2.26. The molecule has 0 bridgehead atoms. The summed E-state index contributed by atoms with van der Waals surface area (Å²) in [5.41, 5.74) is 0.502. The largest absolute Gasteiger partial charge is 0.328 e. The quantitative estimate of drug-likeness (QED) is 0.823. The molecular formula is C12H12F2N2O2S2. The Morgan fingerprint density at radius 2 is 1.90 bits per heavy atom. The highest BCUT2D eigenvalue weighted by molar-refractivity contribution is 7.91. The first-order valence-electron chi connectivity index (χ1n) is 6.17. The van der Waals surface area contributed by atoms with Gasteiger partial charge in [-0.15, -0.1) is 0 Å². The Hall–Kier alpha value is -1.28. The van der Waals surface area contributed by atoms with Crippen LogP contribution in [0.3, 0.4) is 0 Å². The Labute approximate surface area is 119 Å². The lowest BCUT2D eigenvalue weighted by Gasteiger charge is -2.23. The van der Waals surface area contributed by atoms with Gasteiger partial charge < -0.3 is 9.55 Å². The van der Waals surface area contributed by atoms with E-state index in [-0.39, 0.29) is 27.8 Å². The molecule has 0 saturated carbocycles. The van der Waals surface area contributed by atoms with E-state index in [4.69, 9.17) is 12.2 Å². The molecule has 20 heavy (non-hydrogen) atoms. The van der Waals surface area contributed by atoms with E-state index in [0.29, 0.717) is 18.4 Å². The Balaban J connectivity index is 2.13. The summed E-state index contributed by atoms with van der Waals surface area (Å²) >= 11 is 5.16. The average Bonchev–Trinajstić information content (AvgIpc) is 2.67. The van der Waals surface area contributed by atoms with Gasteiger partial charge in [0.25, 0.3) is 0 Å².